The summed E-state index contributed by atoms with van der Waals surface area (Å²) in [4.78, 5) is 60.3. The van der Waals surface area contributed by atoms with Crippen molar-refractivity contribution in [1.29, 1.82) is 0 Å². The van der Waals surface area contributed by atoms with Gasteiger partial charge in [-0.25, -0.2) is 4.79 Å². The van der Waals surface area contributed by atoms with Gasteiger partial charge in [-0.15, -0.1) is 0 Å². The second kappa shape index (κ2) is 9.82. The van der Waals surface area contributed by atoms with Crippen molar-refractivity contribution < 1.29 is 33.6 Å². The number of carbonyl (C=O) groups excluding carboxylic acids is 4. The zero-order chi connectivity index (χ0) is 23.3. The van der Waals surface area contributed by atoms with Crippen LogP contribution in [-0.2, 0) is 19.1 Å². The van der Waals surface area contributed by atoms with Gasteiger partial charge in [0.1, 0.15) is 0 Å². The van der Waals surface area contributed by atoms with Crippen molar-refractivity contribution in [3.8, 4) is 0 Å². The fraction of sp³-hybridized carbons (Fsp3) is 0.273. The van der Waals surface area contributed by atoms with Gasteiger partial charge < -0.3 is 14.4 Å². The molecule has 0 saturated carbocycles. The number of ether oxygens (including phenoxy) is 2. The summed E-state index contributed by atoms with van der Waals surface area (Å²) in [6.07, 6.45) is -0.0799. The average Bonchev–Trinajstić information content (AvgIpc) is 3.19. The molecule has 2 aromatic rings. The van der Waals surface area contributed by atoms with Gasteiger partial charge in [0, 0.05) is 36.3 Å². The summed E-state index contributed by atoms with van der Waals surface area (Å²) in [5.74, 6) is -2.81. The Morgan fingerprint density at radius 1 is 1.09 bits per heavy atom. The van der Waals surface area contributed by atoms with Gasteiger partial charge in [-0.2, -0.15) is 0 Å². The van der Waals surface area contributed by atoms with Crippen LogP contribution in [0.1, 0.15) is 34.1 Å². The standard InChI is InChI=1S/C22H20N2O8/c1-2-31-21(27)14-6-8-17(9-7-14)23-12-16(11-20(23)26)22(28)32-13-19(25)15-4-3-5-18(10-15)24(29)30/h3-10,16H,2,11-13H2,1H3/t16-/m1/s1. The summed E-state index contributed by atoms with van der Waals surface area (Å²) < 4.78 is 9.97. The highest BCUT2D eigenvalue weighted by atomic mass is 16.6. The first-order chi connectivity index (χ1) is 15.3. The molecule has 1 aliphatic heterocycles. The SMILES string of the molecule is CCOC(=O)c1ccc(N2C[C@H](C(=O)OCC(=O)c3cccc([N+](=O)[O-])c3)CC2=O)cc1. The zero-order valence-corrected chi connectivity index (χ0v) is 17.2. The third-order valence-electron chi connectivity index (χ3n) is 4.87. The van der Waals surface area contributed by atoms with Crippen LogP contribution in [0.4, 0.5) is 11.4 Å². The lowest BCUT2D eigenvalue weighted by atomic mass is 10.1. The van der Waals surface area contributed by atoms with Crippen LogP contribution in [0.5, 0.6) is 0 Å². The van der Waals surface area contributed by atoms with Crippen molar-refractivity contribution in [2.24, 2.45) is 5.92 Å². The van der Waals surface area contributed by atoms with Crippen LogP contribution in [0.2, 0.25) is 0 Å². The van der Waals surface area contributed by atoms with Crippen molar-refractivity contribution in [3.05, 3.63) is 69.8 Å². The first kappa shape index (κ1) is 22.6. The Kier molecular flexibility index (Phi) is 6.93. The van der Waals surface area contributed by atoms with E-state index in [2.05, 4.69) is 0 Å². The number of anilines is 1. The van der Waals surface area contributed by atoms with Gasteiger partial charge >= 0.3 is 11.9 Å². The molecule has 1 aliphatic rings. The molecule has 0 aliphatic carbocycles. The number of nitrogens with zero attached hydrogens (tertiary/aromatic N) is 2. The van der Waals surface area contributed by atoms with E-state index in [9.17, 15) is 29.3 Å². The molecule has 1 heterocycles. The molecule has 0 unspecified atom stereocenters. The minimum absolute atomic E-state index is 0.0535. The van der Waals surface area contributed by atoms with Crippen LogP contribution in [0.3, 0.4) is 0 Å². The minimum Gasteiger partial charge on any atom is -0.462 e. The number of non-ortho nitro benzene ring substituents is 1. The number of rotatable bonds is 8. The third-order valence-corrected chi connectivity index (χ3v) is 4.87. The van der Waals surface area contributed by atoms with Crippen LogP contribution in [0.25, 0.3) is 0 Å². The number of hydrogen-bond acceptors (Lipinski definition) is 8. The molecule has 0 N–H and O–H groups in total. The molecule has 1 fully saturated rings. The summed E-state index contributed by atoms with van der Waals surface area (Å²) in [6.45, 7) is 1.44. The Labute approximate surface area is 182 Å². The van der Waals surface area contributed by atoms with Crippen LogP contribution < -0.4 is 4.90 Å². The number of hydrogen-bond donors (Lipinski definition) is 0. The molecule has 0 bridgehead atoms. The average molecular weight is 440 g/mol. The molecule has 0 radical (unpaired) electrons. The van der Waals surface area contributed by atoms with Gasteiger partial charge in [-0.05, 0) is 31.2 Å². The van der Waals surface area contributed by atoms with Crippen molar-refractivity contribution >= 4 is 35.0 Å². The summed E-state index contributed by atoms with van der Waals surface area (Å²) in [7, 11) is 0. The lowest BCUT2D eigenvalue weighted by Gasteiger charge is -2.17. The highest BCUT2D eigenvalue weighted by Gasteiger charge is 2.36. The Balaban J connectivity index is 1.58. The highest BCUT2D eigenvalue weighted by Crippen LogP contribution is 2.26. The molecular weight excluding hydrogens is 420 g/mol. The topological polar surface area (TPSA) is 133 Å². The van der Waals surface area contributed by atoms with Gasteiger partial charge in [0.25, 0.3) is 5.69 Å². The number of carbonyl (C=O) groups is 4. The van der Waals surface area contributed by atoms with E-state index in [1.54, 1.807) is 19.1 Å². The Morgan fingerprint density at radius 2 is 1.81 bits per heavy atom. The van der Waals surface area contributed by atoms with E-state index in [0.29, 0.717) is 11.3 Å². The van der Waals surface area contributed by atoms with E-state index < -0.39 is 35.2 Å². The maximum absolute atomic E-state index is 12.4. The van der Waals surface area contributed by atoms with Gasteiger partial charge in [-0.1, -0.05) is 12.1 Å². The monoisotopic (exact) mass is 440 g/mol. The molecule has 1 saturated heterocycles. The third kappa shape index (κ3) is 5.15. The largest absolute Gasteiger partial charge is 0.462 e. The van der Waals surface area contributed by atoms with E-state index in [1.807, 2.05) is 0 Å². The summed E-state index contributed by atoms with van der Waals surface area (Å²) in [5, 5.41) is 10.8. The number of amides is 1. The maximum atomic E-state index is 12.4. The molecule has 1 amide bonds. The van der Waals surface area contributed by atoms with Gasteiger partial charge in [0.15, 0.2) is 6.61 Å². The number of nitro groups is 1. The summed E-state index contributed by atoms with van der Waals surface area (Å²) >= 11 is 0. The van der Waals surface area contributed by atoms with Crippen molar-refractivity contribution in [2.45, 2.75) is 13.3 Å². The first-order valence-corrected chi connectivity index (χ1v) is 9.82. The smallest absolute Gasteiger partial charge is 0.338 e. The second-order valence-electron chi connectivity index (χ2n) is 7.01. The van der Waals surface area contributed by atoms with Gasteiger partial charge in [0.2, 0.25) is 11.7 Å². The normalized spacial score (nSPS) is 15.3. The molecule has 0 aromatic heterocycles. The molecule has 10 heteroatoms. The predicted molar refractivity (Wildman–Crippen MR) is 111 cm³/mol. The lowest BCUT2D eigenvalue weighted by molar-refractivity contribution is -0.384. The molecule has 2 aromatic carbocycles. The van der Waals surface area contributed by atoms with Crippen molar-refractivity contribution in [2.75, 3.05) is 24.7 Å². The summed E-state index contributed by atoms with van der Waals surface area (Å²) in [5.41, 5.74) is 0.676. The first-order valence-electron chi connectivity index (χ1n) is 9.82. The van der Waals surface area contributed by atoms with E-state index in [4.69, 9.17) is 9.47 Å². The fourth-order valence-electron chi connectivity index (χ4n) is 3.24. The fourth-order valence-corrected chi connectivity index (χ4v) is 3.24. The predicted octanol–water partition coefficient (Wildman–Crippen LogP) is 2.55. The Morgan fingerprint density at radius 3 is 2.47 bits per heavy atom. The van der Waals surface area contributed by atoms with Crippen molar-refractivity contribution in [1.82, 2.24) is 0 Å². The van der Waals surface area contributed by atoms with Crippen LogP contribution >= 0.6 is 0 Å². The van der Waals surface area contributed by atoms with Crippen LogP contribution in [0.15, 0.2) is 48.5 Å². The number of nitro benzene ring substituents is 1. The van der Waals surface area contributed by atoms with Gasteiger partial charge in [-0.3, -0.25) is 24.5 Å². The minimum atomic E-state index is -0.759. The zero-order valence-electron chi connectivity index (χ0n) is 17.2. The Hall–Kier alpha value is -4.08. The van der Waals surface area contributed by atoms with E-state index in [1.165, 1.54) is 35.2 Å². The summed E-state index contributed by atoms with van der Waals surface area (Å²) in [6, 6.07) is 11.4. The van der Waals surface area contributed by atoms with Gasteiger partial charge in [0.05, 0.1) is 23.0 Å². The molecule has 10 nitrogen and oxygen atoms in total. The maximum Gasteiger partial charge on any atom is 0.338 e. The lowest BCUT2D eigenvalue weighted by Crippen LogP contribution is -2.27. The Bertz CT molecular complexity index is 1060. The number of benzene rings is 2. The quantitative estimate of drug-likeness (QED) is 0.265. The van der Waals surface area contributed by atoms with E-state index in [0.717, 1.165) is 6.07 Å². The van der Waals surface area contributed by atoms with Crippen LogP contribution in [0, 0.1) is 16.0 Å². The van der Waals surface area contributed by atoms with Crippen LogP contribution in [-0.4, -0.2) is 48.3 Å². The molecule has 0 spiro atoms. The number of Topliss-reactive ketones (excluding diaryl/α,β-unsaturated/α-hetero) is 1. The molecule has 3 rings (SSSR count). The molecule has 32 heavy (non-hydrogen) atoms. The molecular formula is C22H20N2O8. The molecule has 1 atom stereocenters. The molecule has 166 valence electrons. The van der Waals surface area contributed by atoms with E-state index >= 15 is 0 Å². The highest BCUT2D eigenvalue weighted by molar-refractivity contribution is 6.01. The van der Waals surface area contributed by atoms with E-state index in [-0.39, 0.29) is 36.7 Å². The van der Waals surface area contributed by atoms with Crippen molar-refractivity contribution in [3.63, 3.8) is 0 Å². The number of ketones is 1. The second-order valence-corrected chi connectivity index (χ2v) is 7.01. The number of esters is 2.